The van der Waals surface area contributed by atoms with E-state index in [-0.39, 0.29) is 11.2 Å². The van der Waals surface area contributed by atoms with E-state index < -0.39 is 8.07 Å². The lowest BCUT2D eigenvalue weighted by Crippen LogP contribution is -2.47. The summed E-state index contributed by atoms with van der Waals surface area (Å²) in [5.74, 6) is 2.10. The highest BCUT2D eigenvalue weighted by atomic mass is 28.3. The summed E-state index contributed by atoms with van der Waals surface area (Å²) >= 11 is 0. The molecule has 0 aromatic heterocycles. The van der Waals surface area contributed by atoms with Crippen molar-refractivity contribution in [3.63, 3.8) is 0 Å². The Bertz CT molecular complexity index is 510. The standard InChI is InChI=1S/C19H31O2Si/c1-17(2)15-7-6-14(13-22(3,4)5)18(15)8-9-19(16(17)12-18)20-10-11-21-19/h13,16H,6-12H2,1-5H3/t16-,18+/m1/s1. The van der Waals surface area contributed by atoms with Gasteiger partial charge in [-0.05, 0) is 42.4 Å². The van der Waals surface area contributed by atoms with Crippen LogP contribution in [0.1, 0.15) is 46.0 Å². The Kier molecular flexibility index (Phi) is 3.14. The van der Waals surface area contributed by atoms with E-state index in [1.165, 1.54) is 25.7 Å². The van der Waals surface area contributed by atoms with Crippen molar-refractivity contribution in [3.05, 3.63) is 17.2 Å². The first-order chi connectivity index (χ1) is 10.2. The van der Waals surface area contributed by atoms with Crippen LogP contribution in [0.5, 0.6) is 0 Å². The quantitative estimate of drug-likeness (QED) is 0.651. The van der Waals surface area contributed by atoms with Crippen molar-refractivity contribution in [1.82, 2.24) is 0 Å². The maximum Gasteiger partial charge on any atom is 0.171 e. The topological polar surface area (TPSA) is 18.5 Å². The Morgan fingerprint density at radius 3 is 2.36 bits per heavy atom. The van der Waals surface area contributed by atoms with Gasteiger partial charge >= 0.3 is 0 Å². The lowest BCUT2D eigenvalue weighted by Gasteiger charge is -2.44. The second-order valence-electron chi connectivity index (χ2n) is 9.58. The van der Waals surface area contributed by atoms with Gasteiger partial charge in [-0.15, -0.1) is 0 Å². The molecule has 2 atom stereocenters. The molecule has 0 aromatic carbocycles. The van der Waals surface area contributed by atoms with Crippen LogP contribution in [0, 0.1) is 22.7 Å². The minimum atomic E-state index is -1.17. The molecule has 4 aliphatic rings. The minimum absolute atomic E-state index is 0.260. The molecule has 3 saturated carbocycles. The lowest BCUT2D eigenvalue weighted by molar-refractivity contribution is -0.227. The monoisotopic (exact) mass is 319 g/mol. The zero-order chi connectivity index (χ0) is 15.8. The fourth-order valence-electron chi connectivity index (χ4n) is 6.17. The third kappa shape index (κ3) is 1.91. The predicted octanol–water partition coefficient (Wildman–Crippen LogP) is 4.73. The van der Waals surface area contributed by atoms with Crippen molar-refractivity contribution in [2.24, 2.45) is 16.7 Å². The number of hydrogen-bond donors (Lipinski definition) is 0. The van der Waals surface area contributed by atoms with Crippen molar-refractivity contribution >= 4 is 8.07 Å². The third-order valence-electron chi connectivity index (χ3n) is 6.85. The number of fused-ring (bicyclic) bond motifs is 2. The van der Waals surface area contributed by atoms with Crippen molar-refractivity contribution in [1.29, 1.82) is 0 Å². The van der Waals surface area contributed by atoms with Crippen LogP contribution >= 0.6 is 0 Å². The van der Waals surface area contributed by atoms with E-state index in [4.69, 9.17) is 9.47 Å². The molecule has 2 nitrogen and oxygen atoms in total. The van der Waals surface area contributed by atoms with E-state index in [0.717, 1.165) is 19.6 Å². The average molecular weight is 320 g/mol. The molecule has 1 heterocycles. The van der Waals surface area contributed by atoms with E-state index in [1.54, 1.807) is 5.57 Å². The molecule has 123 valence electrons. The lowest BCUT2D eigenvalue weighted by atomic mass is 9.69. The zero-order valence-electron chi connectivity index (χ0n) is 14.9. The molecule has 4 rings (SSSR count). The van der Waals surface area contributed by atoms with Crippen LogP contribution in [0.15, 0.2) is 11.3 Å². The second-order valence-corrected chi connectivity index (χ2v) is 14.6. The van der Waals surface area contributed by atoms with Gasteiger partial charge in [0, 0.05) is 12.3 Å². The second kappa shape index (κ2) is 4.49. The Morgan fingerprint density at radius 2 is 1.73 bits per heavy atom. The van der Waals surface area contributed by atoms with Crippen molar-refractivity contribution in [3.8, 4) is 0 Å². The highest BCUT2D eigenvalue weighted by Gasteiger charge is 2.70. The van der Waals surface area contributed by atoms with Crippen molar-refractivity contribution in [2.45, 2.75) is 71.4 Å². The van der Waals surface area contributed by atoms with E-state index in [0.29, 0.717) is 11.3 Å². The summed E-state index contributed by atoms with van der Waals surface area (Å²) in [7, 11) is -1.17. The van der Waals surface area contributed by atoms with Crippen LogP contribution in [0.2, 0.25) is 19.6 Å². The summed E-state index contributed by atoms with van der Waals surface area (Å²) in [6.45, 7) is 13.9. The van der Waals surface area contributed by atoms with Gasteiger partial charge in [-0.2, -0.15) is 0 Å². The fourth-order valence-corrected chi connectivity index (χ4v) is 7.63. The fraction of sp³-hybridized carbons (Fsp3) is 0.842. The molecule has 0 unspecified atom stereocenters. The van der Waals surface area contributed by atoms with E-state index in [9.17, 15) is 0 Å². The smallest absolute Gasteiger partial charge is 0.171 e. The van der Waals surface area contributed by atoms with Gasteiger partial charge in [0.25, 0.3) is 0 Å². The summed E-state index contributed by atoms with van der Waals surface area (Å²) in [6, 6.07) is 0. The van der Waals surface area contributed by atoms with Crippen LogP contribution in [0.3, 0.4) is 0 Å². The molecular weight excluding hydrogens is 288 g/mol. The SMILES string of the molecule is CC1(C)[C]2CCC(=C[Si](C)(C)C)[C@@]23CCC2(OCCO2)[C@@H]1C3. The molecule has 4 fully saturated rings. The Labute approximate surface area is 136 Å². The molecule has 0 amide bonds. The Morgan fingerprint density at radius 1 is 1.05 bits per heavy atom. The molecule has 1 aliphatic heterocycles. The zero-order valence-corrected chi connectivity index (χ0v) is 15.9. The first kappa shape index (κ1) is 15.4. The highest BCUT2D eigenvalue weighted by molar-refractivity contribution is 6.81. The van der Waals surface area contributed by atoms with Crippen molar-refractivity contribution < 1.29 is 9.47 Å². The largest absolute Gasteiger partial charge is 0.347 e. The van der Waals surface area contributed by atoms with E-state index in [1.807, 2.05) is 5.92 Å². The molecule has 2 bridgehead atoms. The number of hydrogen-bond acceptors (Lipinski definition) is 2. The summed E-state index contributed by atoms with van der Waals surface area (Å²) in [6.07, 6.45) is 6.22. The Hall–Kier alpha value is -0.123. The average Bonchev–Trinajstić information content (AvgIpc) is 3.02. The van der Waals surface area contributed by atoms with Crippen LogP contribution in [0.4, 0.5) is 0 Å². The van der Waals surface area contributed by atoms with Gasteiger partial charge in [-0.1, -0.05) is 44.8 Å². The van der Waals surface area contributed by atoms with Crippen LogP contribution < -0.4 is 0 Å². The maximum absolute atomic E-state index is 6.20. The minimum Gasteiger partial charge on any atom is -0.347 e. The maximum atomic E-state index is 6.20. The molecule has 0 N–H and O–H groups in total. The predicted molar refractivity (Wildman–Crippen MR) is 92.1 cm³/mol. The van der Waals surface area contributed by atoms with Gasteiger partial charge in [0.2, 0.25) is 0 Å². The van der Waals surface area contributed by atoms with Gasteiger partial charge < -0.3 is 9.47 Å². The summed E-state index contributed by atoms with van der Waals surface area (Å²) in [4.78, 5) is 0. The van der Waals surface area contributed by atoms with Crippen LogP contribution in [-0.4, -0.2) is 27.1 Å². The molecule has 3 aliphatic carbocycles. The van der Waals surface area contributed by atoms with Gasteiger partial charge in [0.05, 0.1) is 21.3 Å². The molecule has 0 aromatic rings. The first-order valence-corrected chi connectivity index (χ1v) is 12.6. The number of allylic oxidation sites excluding steroid dienone is 1. The van der Waals surface area contributed by atoms with Crippen LogP contribution in [0.25, 0.3) is 0 Å². The first-order valence-electron chi connectivity index (χ1n) is 9.07. The molecule has 3 heteroatoms. The summed E-state index contributed by atoms with van der Waals surface area (Å²) in [5.41, 5.74) is 5.16. The van der Waals surface area contributed by atoms with E-state index >= 15 is 0 Å². The van der Waals surface area contributed by atoms with E-state index in [2.05, 4.69) is 39.2 Å². The van der Waals surface area contributed by atoms with Gasteiger partial charge in [-0.25, -0.2) is 0 Å². The Balaban J connectivity index is 1.76. The molecule has 2 spiro atoms. The molecule has 1 saturated heterocycles. The summed E-state index contributed by atoms with van der Waals surface area (Å²) < 4.78 is 12.4. The normalized spacial score (nSPS) is 41.5. The molecule has 22 heavy (non-hydrogen) atoms. The highest BCUT2D eigenvalue weighted by Crippen LogP contribution is 2.75. The third-order valence-corrected chi connectivity index (χ3v) is 8.07. The van der Waals surface area contributed by atoms with Crippen molar-refractivity contribution in [2.75, 3.05) is 13.2 Å². The molecular formula is C19H31O2Si. The van der Waals surface area contributed by atoms with Crippen LogP contribution in [-0.2, 0) is 9.47 Å². The number of ether oxygens (including phenoxy) is 2. The van der Waals surface area contributed by atoms with Gasteiger partial charge in [0.15, 0.2) is 5.79 Å². The van der Waals surface area contributed by atoms with Gasteiger partial charge in [0.1, 0.15) is 0 Å². The molecule has 1 radical (unpaired) electrons. The number of rotatable bonds is 1. The summed E-state index contributed by atoms with van der Waals surface area (Å²) in [5, 5.41) is 0. The van der Waals surface area contributed by atoms with Gasteiger partial charge in [-0.3, -0.25) is 0 Å².